The summed E-state index contributed by atoms with van der Waals surface area (Å²) in [7, 11) is -1.55. The average Bonchev–Trinajstić information content (AvgIpc) is 2.98. The number of aromatic nitrogens is 3. The highest BCUT2D eigenvalue weighted by Gasteiger charge is 2.68. The molecule has 0 spiro atoms. The third-order valence-corrected chi connectivity index (χ3v) is 12.5. The van der Waals surface area contributed by atoms with E-state index in [1.54, 1.807) is 52.0 Å². The maximum Gasteiger partial charge on any atom is 0.336 e. The van der Waals surface area contributed by atoms with Crippen molar-refractivity contribution in [3.63, 3.8) is 0 Å². The summed E-state index contributed by atoms with van der Waals surface area (Å²) in [6.45, 7) is 6.77. The molecule has 3 atom stereocenters. The van der Waals surface area contributed by atoms with Gasteiger partial charge >= 0.3 is 11.4 Å². The van der Waals surface area contributed by atoms with Crippen molar-refractivity contribution >= 4 is 33.3 Å². The van der Waals surface area contributed by atoms with E-state index in [0.717, 1.165) is 22.2 Å². The molecule has 3 aromatic rings. The highest BCUT2D eigenvalue weighted by atomic mass is 32.3. The van der Waals surface area contributed by atoms with Gasteiger partial charge in [-0.1, -0.05) is 93.2 Å². The van der Waals surface area contributed by atoms with Gasteiger partial charge < -0.3 is 9.47 Å². The molecule has 2 aliphatic rings. The molecule has 0 saturated carbocycles. The molecule has 2 aromatic carbocycles. The Labute approximate surface area is 260 Å². The van der Waals surface area contributed by atoms with Gasteiger partial charge in [-0.25, -0.2) is 13.1 Å². The molecule has 0 aliphatic carbocycles. The van der Waals surface area contributed by atoms with E-state index in [1.807, 2.05) is 36.4 Å². The maximum absolute atomic E-state index is 14.8. The number of carbonyl (C=O) groups is 2. The van der Waals surface area contributed by atoms with Gasteiger partial charge in [0.25, 0.3) is 5.91 Å². The van der Waals surface area contributed by atoms with E-state index in [2.05, 4.69) is 10.1 Å². The van der Waals surface area contributed by atoms with Crippen LogP contribution in [0.5, 0.6) is 5.88 Å². The van der Waals surface area contributed by atoms with Crippen LogP contribution in [-0.4, -0.2) is 62.4 Å². The fourth-order valence-corrected chi connectivity index (χ4v) is 9.74. The summed E-state index contributed by atoms with van der Waals surface area (Å²) in [4.78, 5) is 45.5. The number of allylic oxidation sites excluding steroid dienone is 1. The lowest BCUT2D eigenvalue weighted by Crippen LogP contribution is -2.74. The zero-order valence-electron chi connectivity index (χ0n) is 25.3. The molecule has 0 bridgehead atoms. The monoisotopic (exact) mass is 638 g/mol. The fraction of sp³-hybridized carbons (Fsp3) is 0.387. The van der Waals surface area contributed by atoms with Crippen LogP contribution in [0, 0.1) is 5.41 Å². The van der Waals surface area contributed by atoms with E-state index in [4.69, 9.17) is 9.47 Å². The van der Waals surface area contributed by atoms with Gasteiger partial charge in [-0.3, -0.25) is 19.3 Å². The zero-order chi connectivity index (χ0) is 32.0. The van der Waals surface area contributed by atoms with Crippen LogP contribution >= 0.6 is 11.8 Å². The second kappa shape index (κ2) is 11.6. The van der Waals surface area contributed by atoms with E-state index >= 15 is 0 Å². The van der Waals surface area contributed by atoms with Crippen LogP contribution in [0.4, 0.5) is 0 Å². The zero-order valence-corrected chi connectivity index (χ0v) is 26.9. The van der Waals surface area contributed by atoms with Gasteiger partial charge in [-0.05, 0) is 23.6 Å². The summed E-state index contributed by atoms with van der Waals surface area (Å²) in [5.41, 5.74) is -0.0291. The molecule has 5 rings (SSSR count). The number of rotatable bonds is 9. The first-order valence-corrected chi connectivity index (χ1v) is 16.3. The van der Waals surface area contributed by atoms with Gasteiger partial charge in [0.1, 0.15) is 6.61 Å². The topological polar surface area (TPSA) is 138 Å². The molecule has 0 radical (unpaired) electrons. The lowest BCUT2D eigenvalue weighted by molar-refractivity contribution is -0.161. The summed E-state index contributed by atoms with van der Waals surface area (Å²) >= 11 is 0.813. The molecule has 11 nitrogen and oxygen atoms in total. The van der Waals surface area contributed by atoms with Gasteiger partial charge in [0.15, 0.2) is 36.3 Å². The lowest BCUT2D eigenvalue weighted by atomic mass is 9.84. The van der Waals surface area contributed by atoms with Crippen LogP contribution in [0.1, 0.15) is 38.8 Å². The summed E-state index contributed by atoms with van der Waals surface area (Å²) in [5, 5.41) is 2.83. The van der Waals surface area contributed by atoms with Crippen molar-refractivity contribution in [2.45, 2.75) is 61.4 Å². The molecule has 3 heterocycles. The van der Waals surface area contributed by atoms with Gasteiger partial charge in [0.2, 0.25) is 0 Å². The minimum Gasteiger partial charge on any atom is -0.468 e. The average molecular weight is 639 g/mol. The van der Waals surface area contributed by atoms with Crippen molar-refractivity contribution in [1.29, 1.82) is 0 Å². The molecule has 1 saturated heterocycles. The first kappa shape index (κ1) is 31.6. The molecule has 0 N–H and O–H groups in total. The molecule has 232 valence electrons. The molecule has 2 aliphatic heterocycles. The maximum atomic E-state index is 14.8. The number of methoxy groups -OCH3 is 1. The van der Waals surface area contributed by atoms with E-state index in [-0.39, 0.29) is 41.1 Å². The van der Waals surface area contributed by atoms with Gasteiger partial charge in [-0.2, -0.15) is 4.98 Å². The number of ketones is 1. The normalized spacial score (nSPS) is 22.8. The Bertz CT molecular complexity index is 1800. The Morgan fingerprint density at radius 2 is 1.61 bits per heavy atom. The summed E-state index contributed by atoms with van der Waals surface area (Å²) in [6, 6.07) is 18.2. The van der Waals surface area contributed by atoms with Gasteiger partial charge in [-0.15, -0.1) is 5.10 Å². The second-order valence-electron chi connectivity index (χ2n) is 11.8. The SMILES string of the molecule is CO[C@H]1C(=O)N2C(C(=O)C(C)(C)C)=C(C)C(Cc3ccccc3)(Sc3nc(=O)c(OCc4ccccc4)nn3C)S(=O)(=O)[C@@H]12. The third-order valence-electron chi connectivity index (χ3n) is 7.74. The largest absolute Gasteiger partial charge is 0.468 e. The number of fused-ring (bicyclic) bond motifs is 1. The number of hydrogen-bond donors (Lipinski definition) is 0. The van der Waals surface area contributed by atoms with E-state index < -0.39 is 42.3 Å². The smallest absolute Gasteiger partial charge is 0.336 e. The van der Waals surface area contributed by atoms with Crippen LogP contribution in [0.25, 0.3) is 0 Å². The van der Waals surface area contributed by atoms with Crippen molar-refractivity contribution in [3.8, 4) is 5.88 Å². The molecule has 13 heteroatoms. The summed E-state index contributed by atoms with van der Waals surface area (Å²) < 4.78 is 40.0. The Hall–Kier alpha value is -3.81. The molecule has 1 unspecified atom stereocenters. The van der Waals surface area contributed by atoms with Crippen LogP contribution < -0.4 is 10.3 Å². The number of ether oxygens (including phenoxy) is 2. The predicted octanol–water partition coefficient (Wildman–Crippen LogP) is 3.29. The van der Waals surface area contributed by atoms with Crippen LogP contribution in [-0.2, 0) is 44.2 Å². The Morgan fingerprint density at radius 3 is 2.18 bits per heavy atom. The number of nitrogens with zero attached hydrogens (tertiary/aromatic N) is 4. The standard InChI is InChI=1S/C31H34N4O7S2/c1-19-22(24(36)30(2,3)4)35-27(38)23(41-6)28(35)44(39,40)31(19,17-20-13-9-7-10-14-20)43-29-32-25(37)26(33-34(29)5)42-18-21-15-11-8-12-16-21/h7-16,23,28H,17-18H2,1-6H3/t23-,28-,31?/m0/s1. The number of sulfone groups is 1. The van der Waals surface area contributed by atoms with Crippen molar-refractivity contribution in [2.75, 3.05) is 7.11 Å². The minimum absolute atomic E-state index is 0.00320. The molecular weight excluding hydrogens is 604 g/mol. The highest BCUT2D eigenvalue weighted by molar-refractivity contribution is 8.15. The van der Waals surface area contributed by atoms with Crippen LogP contribution in [0.15, 0.2) is 81.9 Å². The molecular formula is C31H34N4O7S2. The van der Waals surface area contributed by atoms with Gasteiger partial charge in [0, 0.05) is 26.0 Å². The quantitative estimate of drug-likeness (QED) is 0.321. The van der Waals surface area contributed by atoms with Gasteiger partial charge in [0.05, 0.1) is 5.70 Å². The van der Waals surface area contributed by atoms with Crippen molar-refractivity contribution < 1.29 is 27.5 Å². The van der Waals surface area contributed by atoms with Crippen LogP contribution in [0.2, 0.25) is 0 Å². The van der Waals surface area contributed by atoms with E-state index in [1.165, 1.54) is 18.8 Å². The number of hydrogen-bond acceptors (Lipinski definition) is 10. The second-order valence-corrected chi connectivity index (χ2v) is 15.6. The van der Waals surface area contributed by atoms with E-state index in [0.29, 0.717) is 5.56 Å². The minimum atomic E-state index is -4.35. The molecule has 1 aromatic heterocycles. The number of amides is 1. The predicted molar refractivity (Wildman–Crippen MR) is 164 cm³/mol. The summed E-state index contributed by atoms with van der Waals surface area (Å²) in [6.07, 6.45) is -1.37. The number of benzene rings is 2. The number of β-lactam (4-membered cyclic amide) rings is 1. The number of thioether (sulfide) groups is 1. The number of carbonyl (C=O) groups excluding carboxylic acids is 2. The first-order valence-electron chi connectivity index (χ1n) is 13.9. The number of aryl methyl sites for hydroxylation is 1. The molecule has 1 amide bonds. The number of Topliss-reactive ketones (excluding diaryl/α,β-unsaturated/α-hetero) is 1. The molecule has 44 heavy (non-hydrogen) atoms. The van der Waals surface area contributed by atoms with Crippen LogP contribution in [0.3, 0.4) is 0 Å². The van der Waals surface area contributed by atoms with Crippen molar-refractivity contribution in [1.82, 2.24) is 19.7 Å². The lowest BCUT2D eigenvalue weighted by Gasteiger charge is -2.54. The Morgan fingerprint density at radius 1 is 1.02 bits per heavy atom. The van der Waals surface area contributed by atoms with E-state index in [9.17, 15) is 22.8 Å². The Kier molecular flexibility index (Phi) is 8.33. The highest BCUT2D eigenvalue weighted by Crippen LogP contribution is 2.55. The fourth-order valence-electron chi connectivity index (χ4n) is 5.35. The molecule has 1 fully saturated rings. The third kappa shape index (κ3) is 5.26. The first-order chi connectivity index (χ1) is 20.7. The summed E-state index contributed by atoms with van der Waals surface area (Å²) in [5.74, 6) is -1.23. The van der Waals surface area contributed by atoms with Crippen molar-refractivity contribution in [2.24, 2.45) is 12.5 Å². The van der Waals surface area contributed by atoms with Crippen molar-refractivity contribution in [3.05, 3.63) is 93.4 Å². The Balaban J connectivity index is 1.68.